The van der Waals surface area contributed by atoms with E-state index in [-0.39, 0.29) is 5.69 Å². The average molecular weight is 179 g/mol. The topological polar surface area (TPSA) is 59.9 Å². The maximum atomic E-state index is 11.2. The lowest BCUT2D eigenvalue weighted by atomic mass is 10.4. The first-order valence-electron chi connectivity index (χ1n) is 3.82. The highest BCUT2D eigenvalue weighted by Crippen LogP contribution is 2.11. The van der Waals surface area contributed by atoms with Crippen molar-refractivity contribution in [3.05, 3.63) is 22.6 Å². The highest BCUT2D eigenvalue weighted by atomic mass is 16.5. The molecule has 2 aromatic rings. The van der Waals surface area contributed by atoms with Crippen LogP contribution in [0.1, 0.15) is 0 Å². The van der Waals surface area contributed by atoms with Crippen molar-refractivity contribution in [2.24, 2.45) is 7.05 Å². The molecule has 5 nitrogen and oxygen atoms in total. The van der Waals surface area contributed by atoms with Gasteiger partial charge in [-0.05, 0) is 6.07 Å². The number of hydrogen-bond acceptors (Lipinski definition) is 3. The van der Waals surface area contributed by atoms with Crippen molar-refractivity contribution < 1.29 is 4.74 Å². The van der Waals surface area contributed by atoms with Gasteiger partial charge in [0.05, 0.1) is 12.6 Å². The minimum absolute atomic E-state index is 0.171. The van der Waals surface area contributed by atoms with Crippen LogP contribution in [0.25, 0.3) is 11.2 Å². The number of aryl methyl sites for hydroxylation is 1. The molecule has 68 valence electrons. The monoisotopic (exact) mass is 179 g/mol. The van der Waals surface area contributed by atoms with Gasteiger partial charge in [-0.15, -0.1) is 0 Å². The number of aromatic nitrogens is 3. The molecule has 0 aliphatic rings. The Bertz CT molecular complexity index is 498. The Morgan fingerprint density at radius 1 is 1.54 bits per heavy atom. The number of nitrogens with one attached hydrogen (secondary N) is 1. The molecule has 5 heteroatoms. The van der Waals surface area contributed by atoms with E-state index < -0.39 is 0 Å². The van der Waals surface area contributed by atoms with E-state index in [9.17, 15) is 4.79 Å². The summed E-state index contributed by atoms with van der Waals surface area (Å²) < 4.78 is 6.39. The maximum Gasteiger partial charge on any atom is 0.327 e. The molecule has 0 radical (unpaired) electrons. The lowest BCUT2D eigenvalue weighted by molar-refractivity contribution is 0.399. The van der Waals surface area contributed by atoms with Gasteiger partial charge in [0.1, 0.15) is 0 Å². The third kappa shape index (κ3) is 1.09. The Labute approximate surface area is 74.0 Å². The van der Waals surface area contributed by atoms with Crippen molar-refractivity contribution in [2.45, 2.75) is 0 Å². The van der Waals surface area contributed by atoms with Crippen LogP contribution in [0.3, 0.4) is 0 Å². The molecule has 0 aromatic carbocycles. The van der Waals surface area contributed by atoms with Crippen LogP contribution in [-0.4, -0.2) is 21.6 Å². The zero-order valence-corrected chi connectivity index (χ0v) is 7.37. The van der Waals surface area contributed by atoms with Crippen LogP contribution in [0, 0.1) is 0 Å². The SMILES string of the molecule is COc1ccc2[nH]c(=O)n(C)c2n1. The van der Waals surface area contributed by atoms with Crippen molar-refractivity contribution in [3.63, 3.8) is 0 Å². The number of methoxy groups -OCH3 is 1. The molecule has 1 N–H and O–H groups in total. The van der Waals surface area contributed by atoms with E-state index in [0.717, 1.165) is 0 Å². The molecule has 0 saturated heterocycles. The Balaban J connectivity index is 2.82. The molecule has 0 fully saturated rings. The third-order valence-corrected chi connectivity index (χ3v) is 1.92. The first-order valence-corrected chi connectivity index (χ1v) is 3.82. The molecular formula is C8H9N3O2. The fourth-order valence-electron chi connectivity index (χ4n) is 1.19. The van der Waals surface area contributed by atoms with E-state index in [1.54, 1.807) is 26.3 Å². The van der Waals surface area contributed by atoms with Crippen LogP contribution >= 0.6 is 0 Å². The number of rotatable bonds is 1. The Morgan fingerprint density at radius 3 is 3.00 bits per heavy atom. The predicted octanol–water partition coefficient (Wildman–Crippen LogP) is 0.270. The fraction of sp³-hybridized carbons (Fsp3) is 0.250. The summed E-state index contributed by atoms with van der Waals surface area (Å²) >= 11 is 0. The Kier molecular flexibility index (Phi) is 1.58. The van der Waals surface area contributed by atoms with Gasteiger partial charge in [-0.2, -0.15) is 4.98 Å². The molecule has 2 rings (SSSR count). The molecular weight excluding hydrogens is 170 g/mol. The molecule has 0 aliphatic carbocycles. The molecule has 0 bridgehead atoms. The van der Waals surface area contributed by atoms with Crippen molar-refractivity contribution >= 4 is 11.2 Å². The van der Waals surface area contributed by atoms with E-state index in [1.165, 1.54) is 4.57 Å². The molecule has 0 spiro atoms. The molecule has 13 heavy (non-hydrogen) atoms. The Hall–Kier alpha value is -1.78. The van der Waals surface area contributed by atoms with Crippen molar-refractivity contribution in [1.29, 1.82) is 0 Å². The second-order valence-electron chi connectivity index (χ2n) is 2.71. The van der Waals surface area contributed by atoms with Crippen LogP contribution in [0.4, 0.5) is 0 Å². The molecule has 0 amide bonds. The molecule has 2 heterocycles. The number of hydrogen-bond donors (Lipinski definition) is 1. The number of imidazole rings is 1. The van der Waals surface area contributed by atoms with E-state index in [2.05, 4.69) is 9.97 Å². The van der Waals surface area contributed by atoms with E-state index in [1.807, 2.05) is 0 Å². The van der Waals surface area contributed by atoms with Crippen LogP contribution in [-0.2, 0) is 7.05 Å². The summed E-state index contributed by atoms with van der Waals surface area (Å²) in [6, 6.07) is 3.47. The lowest BCUT2D eigenvalue weighted by Gasteiger charge is -1.97. The summed E-state index contributed by atoms with van der Waals surface area (Å²) in [6.45, 7) is 0. The molecule has 0 atom stereocenters. The summed E-state index contributed by atoms with van der Waals surface area (Å²) in [5.74, 6) is 0.502. The smallest absolute Gasteiger partial charge is 0.327 e. The number of aromatic amines is 1. The number of ether oxygens (including phenoxy) is 1. The van der Waals surface area contributed by atoms with Gasteiger partial charge >= 0.3 is 5.69 Å². The van der Waals surface area contributed by atoms with Crippen molar-refractivity contribution in [1.82, 2.24) is 14.5 Å². The number of fused-ring (bicyclic) bond motifs is 1. The van der Waals surface area contributed by atoms with Gasteiger partial charge < -0.3 is 9.72 Å². The summed E-state index contributed by atoms with van der Waals surface area (Å²) in [5, 5.41) is 0. The maximum absolute atomic E-state index is 11.2. The zero-order valence-electron chi connectivity index (χ0n) is 7.37. The van der Waals surface area contributed by atoms with Gasteiger partial charge in [-0.3, -0.25) is 4.57 Å². The van der Waals surface area contributed by atoms with Gasteiger partial charge in [-0.1, -0.05) is 0 Å². The lowest BCUT2D eigenvalue weighted by Crippen LogP contribution is -2.12. The van der Waals surface area contributed by atoms with Gasteiger partial charge in [-0.25, -0.2) is 4.79 Å². The van der Waals surface area contributed by atoms with E-state index in [4.69, 9.17) is 4.74 Å². The van der Waals surface area contributed by atoms with Crippen molar-refractivity contribution in [3.8, 4) is 5.88 Å². The highest BCUT2D eigenvalue weighted by Gasteiger charge is 2.04. The van der Waals surface area contributed by atoms with Gasteiger partial charge in [0.15, 0.2) is 5.65 Å². The second kappa shape index (κ2) is 2.62. The largest absolute Gasteiger partial charge is 0.481 e. The van der Waals surface area contributed by atoms with Gasteiger partial charge in [0.2, 0.25) is 5.88 Å². The molecule has 0 saturated carbocycles. The highest BCUT2D eigenvalue weighted by molar-refractivity contribution is 5.71. The minimum atomic E-state index is -0.171. The summed E-state index contributed by atoms with van der Waals surface area (Å²) in [4.78, 5) is 18.0. The van der Waals surface area contributed by atoms with E-state index >= 15 is 0 Å². The second-order valence-corrected chi connectivity index (χ2v) is 2.71. The standard InChI is InChI=1S/C8H9N3O2/c1-11-7-5(9-8(11)12)3-4-6(10-7)13-2/h3-4H,1-2H3,(H,9,12). The predicted molar refractivity (Wildman–Crippen MR) is 47.9 cm³/mol. The first-order chi connectivity index (χ1) is 6.22. The number of H-pyrrole nitrogens is 1. The quantitative estimate of drug-likeness (QED) is 0.683. The van der Waals surface area contributed by atoms with E-state index in [0.29, 0.717) is 17.0 Å². The molecule has 0 unspecified atom stereocenters. The van der Waals surface area contributed by atoms with Crippen LogP contribution < -0.4 is 10.4 Å². The van der Waals surface area contributed by atoms with Crippen LogP contribution in [0.5, 0.6) is 5.88 Å². The van der Waals surface area contributed by atoms with Crippen molar-refractivity contribution in [2.75, 3.05) is 7.11 Å². The average Bonchev–Trinajstić information content (AvgIpc) is 2.43. The summed E-state index contributed by atoms with van der Waals surface area (Å²) in [5.41, 5.74) is 1.15. The normalized spacial score (nSPS) is 10.6. The van der Waals surface area contributed by atoms with Gasteiger partial charge in [0.25, 0.3) is 0 Å². The Morgan fingerprint density at radius 2 is 2.31 bits per heavy atom. The molecule has 2 aromatic heterocycles. The van der Waals surface area contributed by atoms with Gasteiger partial charge in [0, 0.05) is 13.1 Å². The fourth-order valence-corrected chi connectivity index (χ4v) is 1.19. The number of pyridine rings is 1. The summed E-state index contributed by atoms with van der Waals surface area (Å²) in [6.07, 6.45) is 0. The third-order valence-electron chi connectivity index (χ3n) is 1.92. The molecule has 0 aliphatic heterocycles. The zero-order chi connectivity index (χ0) is 9.42. The minimum Gasteiger partial charge on any atom is -0.481 e. The van der Waals surface area contributed by atoms with Crippen LogP contribution in [0.15, 0.2) is 16.9 Å². The van der Waals surface area contributed by atoms with Crippen LogP contribution in [0.2, 0.25) is 0 Å². The first kappa shape index (κ1) is 7.85. The summed E-state index contributed by atoms with van der Waals surface area (Å²) in [7, 11) is 3.20. The number of nitrogens with zero attached hydrogens (tertiary/aromatic N) is 2.